The molecule has 1 aliphatic rings. The van der Waals surface area contributed by atoms with Gasteiger partial charge in [0, 0.05) is 31.7 Å². The zero-order valence-corrected chi connectivity index (χ0v) is 18.8. The lowest BCUT2D eigenvalue weighted by Gasteiger charge is -2.33. The van der Waals surface area contributed by atoms with Crippen molar-refractivity contribution in [2.24, 2.45) is 5.92 Å². The summed E-state index contributed by atoms with van der Waals surface area (Å²) in [5.74, 6) is 0.191. The summed E-state index contributed by atoms with van der Waals surface area (Å²) in [6.07, 6.45) is 3.18. The van der Waals surface area contributed by atoms with Crippen LogP contribution >= 0.6 is 0 Å². The third kappa shape index (κ3) is 7.14. The summed E-state index contributed by atoms with van der Waals surface area (Å²) in [7, 11) is 0. The average molecular weight is 442 g/mol. The molecule has 3 amide bonds. The number of nitrogens with one attached hydrogen (secondary N) is 2. The highest BCUT2D eigenvalue weighted by molar-refractivity contribution is 6.02. The topological polar surface area (TPSA) is 101 Å². The van der Waals surface area contributed by atoms with Crippen LogP contribution in [-0.4, -0.2) is 41.5 Å². The van der Waals surface area contributed by atoms with Crippen molar-refractivity contribution in [3.05, 3.63) is 54.0 Å². The predicted octanol–water partition coefficient (Wildman–Crippen LogP) is 4.19. The number of carbonyl (C=O) groups excluding carboxylic acids is 3. The van der Waals surface area contributed by atoms with Crippen molar-refractivity contribution in [3.8, 4) is 0 Å². The van der Waals surface area contributed by atoms with E-state index in [1.165, 1.54) is 6.26 Å². The number of rotatable bonds is 6. The van der Waals surface area contributed by atoms with Gasteiger partial charge in [-0.05, 0) is 69.4 Å². The van der Waals surface area contributed by atoms with E-state index in [4.69, 9.17) is 9.15 Å². The maximum Gasteiger partial charge on any atom is 0.410 e. The van der Waals surface area contributed by atoms with E-state index in [-0.39, 0.29) is 29.6 Å². The number of hydrogen-bond donors (Lipinski definition) is 2. The second-order valence-electron chi connectivity index (χ2n) is 9.02. The first kappa shape index (κ1) is 23.4. The molecule has 2 heterocycles. The zero-order chi connectivity index (χ0) is 23.1. The molecule has 0 spiro atoms. The fraction of sp³-hybridized carbons (Fsp3) is 0.458. The highest BCUT2D eigenvalue weighted by Gasteiger charge is 2.27. The molecule has 0 atom stereocenters. The van der Waals surface area contributed by atoms with E-state index in [1.807, 2.05) is 32.9 Å². The van der Waals surface area contributed by atoms with Gasteiger partial charge < -0.3 is 24.7 Å². The Morgan fingerprint density at radius 2 is 1.78 bits per heavy atom. The number of likely N-dealkylation sites (tertiary alicyclic amines) is 1. The van der Waals surface area contributed by atoms with Crippen molar-refractivity contribution in [3.63, 3.8) is 0 Å². The summed E-state index contributed by atoms with van der Waals surface area (Å²) in [4.78, 5) is 38.2. The van der Waals surface area contributed by atoms with Crippen LogP contribution in [0.4, 0.5) is 10.5 Å². The number of nitrogens with zero attached hydrogens (tertiary/aromatic N) is 1. The maximum atomic E-state index is 12.3. The van der Waals surface area contributed by atoms with Crippen LogP contribution in [0.15, 0.2) is 47.1 Å². The van der Waals surface area contributed by atoms with Gasteiger partial charge >= 0.3 is 6.09 Å². The molecule has 3 rings (SSSR count). The van der Waals surface area contributed by atoms with Gasteiger partial charge in [0.05, 0.1) is 6.26 Å². The molecule has 172 valence electrons. The molecule has 0 aliphatic carbocycles. The number of hydrogen-bond acceptors (Lipinski definition) is 5. The molecular formula is C24H31N3O5. The summed E-state index contributed by atoms with van der Waals surface area (Å²) < 4.78 is 10.5. The lowest BCUT2D eigenvalue weighted by molar-refractivity contribution is -0.122. The van der Waals surface area contributed by atoms with Crippen LogP contribution in [0, 0.1) is 5.92 Å². The molecule has 1 aliphatic heterocycles. The maximum absolute atomic E-state index is 12.3. The number of anilines is 1. The van der Waals surface area contributed by atoms with Crippen molar-refractivity contribution < 1.29 is 23.5 Å². The van der Waals surface area contributed by atoms with Gasteiger partial charge in [-0.2, -0.15) is 0 Å². The summed E-state index contributed by atoms with van der Waals surface area (Å²) in [6.45, 7) is 7.20. The number of carbonyl (C=O) groups is 3. The van der Waals surface area contributed by atoms with E-state index in [1.54, 1.807) is 29.2 Å². The first-order valence-electron chi connectivity index (χ1n) is 10.9. The number of ether oxygens (including phenoxy) is 1. The Balaban J connectivity index is 1.37. The molecule has 0 saturated carbocycles. The van der Waals surface area contributed by atoms with E-state index in [2.05, 4.69) is 10.6 Å². The molecule has 1 aromatic heterocycles. The second-order valence-corrected chi connectivity index (χ2v) is 9.02. The number of piperidine rings is 1. The SMILES string of the molecule is CC(C)(C)OC(=O)N1CCC(CC(=O)NCc2ccc(NC(=O)c3ccco3)cc2)CC1. The third-order valence-corrected chi connectivity index (χ3v) is 5.19. The van der Waals surface area contributed by atoms with Gasteiger partial charge in [0.2, 0.25) is 5.91 Å². The molecule has 8 nitrogen and oxygen atoms in total. The fourth-order valence-electron chi connectivity index (χ4n) is 3.49. The Morgan fingerprint density at radius 3 is 2.38 bits per heavy atom. The van der Waals surface area contributed by atoms with Gasteiger partial charge in [-0.15, -0.1) is 0 Å². The number of amides is 3. The first-order chi connectivity index (χ1) is 15.2. The van der Waals surface area contributed by atoms with Crippen LogP contribution < -0.4 is 10.6 Å². The van der Waals surface area contributed by atoms with Gasteiger partial charge in [-0.1, -0.05) is 12.1 Å². The Bertz CT molecular complexity index is 908. The van der Waals surface area contributed by atoms with E-state index in [9.17, 15) is 14.4 Å². The first-order valence-corrected chi connectivity index (χ1v) is 10.9. The van der Waals surface area contributed by atoms with E-state index < -0.39 is 5.60 Å². The molecule has 0 radical (unpaired) electrons. The average Bonchev–Trinajstić information content (AvgIpc) is 3.28. The minimum atomic E-state index is -0.503. The number of furan rings is 1. The summed E-state index contributed by atoms with van der Waals surface area (Å²) in [6, 6.07) is 10.5. The molecule has 0 unspecified atom stereocenters. The molecule has 32 heavy (non-hydrogen) atoms. The summed E-state index contributed by atoms with van der Waals surface area (Å²) in [5, 5.41) is 5.70. The Labute approximate surface area is 188 Å². The predicted molar refractivity (Wildman–Crippen MR) is 120 cm³/mol. The van der Waals surface area contributed by atoms with Crippen molar-refractivity contribution in [2.45, 2.75) is 52.2 Å². The van der Waals surface area contributed by atoms with Gasteiger partial charge in [0.1, 0.15) is 5.60 Å². The smallest absolute Gasteiger partial charge is 0.410 e. The highest BCUT2D eigenvalue weighted by Crippen LogP contribution is 2.22. The van der Waals surface area contributed by atoms with Crippen LogP contribution in [0.1, 0.15) is 56.2 Å². The van der Waals surface area contributed by atoms with E-state index >= 15 is 0 Å². The molecule has 2 N–H and O–H groups in total. The summed E-state index contributed by atoms with van der Waals surface area (Å²) in [5.41, 5.74) is 1.09. The van der Waals surface area contributed by atoms with Crippen molar-refractivity contribution in [1.29, 1.82) is 0 Å². The molecule has 2 aromatic rings. The number of benzene rings is 1. The Morgan fingerprint density at radius 1 is 1.09 bits per heavy atom. The van der Waals surface area contributed by atoms with Crippen molar-refractivity contribution in [2.75, 3.05) is 18.4 Å². The zero-order valence-electron chi connectivity index (χ0n) is 18.8. The quantitative estimate of drug-likeness (QED) is 0.700. The highest BCUT2D eigenvalue weighted by atomic mass is 16.6. The van der Waals surface area contributed by atoms with Crippen LogP contribution in [0.3, 0.4) is 0 Å². The standard InChI is InChI=1S/C24H31N3O5/c1-24(2,3)32-23(30)27-12-10-17(11-13-27)15-21(28)25-16-18-6-8-19(9-7-18)26-22(29)20-5-4-14-31-20/h4-9,14,17H,10-13,15-16H2,1-3H3,(H,25,28)(H,26,29). The lowest BCUT2D eigenvalue weighted by Crippen LogP contribution is -2.42. The van der Waals surface area contributed by atoms with Crippen LogP contribution in [0.5, 0.6) is 0 Å². The van der Waals surface area contributed by atoms with Gasteiger partial charge in [0.15, 0.2) is 5.76 Å². The minimum Gasteiger partial charge on any atom is -0.459 e. The minimum absolute atomic E-state index is 0.00378. The van der Waals surface area contributed by atoms with Crippen LogP contribution in [0.25, 0.3) is 0 Å². The Kier molecular flexibility index (Phi) is 7.56. The normalized spacial score (nSPS) is 14.7. The third-order valence-electron chi connectivity index (χ3n) is 5.19. The van der Waals surface area contributed by atoms with E-state index in [0.29, 0.717) is 31.7 Å². The van der Waals surface area contributed by atoms with Gasteiger partial charge in [0.25, 0.3) is 5.91 Å². The van der Waals surface area contributed by atoms with Gasteiger partial charge in [-0.25, -0.2) is 4.79 Å². The largest absolute Gasteiger partial charge is 0.459 e. The molecule has 1 aromatic carbocycles. The van der Waals surface area contributed by atoms with Crippen LogP contribution in [0.2, 0.25) is 0 Å². The van der Waals surface area contributed by atoms with Crippen LogP contribution in [-0.2, 0) is 16.1 Å². The second kappa shape index (κ2) is 10.3. The Hall–Kier alpha value is -3.29. The molecule has 1 fully saturated rings. The molecule has 8 heteroatoms. The van der Waals surface area contributed by atoms with Gasteiger partial charge in [-0.3, -0.25) is 9.59 Å². The van der Waals surface area contributed by atoms with Crippen molar-refractivity contribution in [1.82, 2.24) is 10.2 Å². The monoisotopic (exact) mass is 441 g/mol. The summed E-state index contributed by atoms with van der Waals surface area (Å²) >= 11 is 0. The molecule has 0 bridgehead atoms. The van der Waals surface area contributed by atoms with E-state index in [0.717, 1.165) is 18.4 Å². The lowest BCUT2D eigenvalue weighted by atomic mass is 9.93. The fourth-order valence-corrected chi connectivity index (χ4v) is 3.49. The molecular weight excluding hydrogens is 410 g/mol. The van der Waals surface area contributed by atoms with Crippen molar-refractivity contribution >= 4 is 23.6 Å². The molecule has 1 saturated heterocycles.